The van der Waals surface area contributed by atoms with Gasteiger partial charge in [-0.1, -0.05) is 12.8 Å². The van der Waals surface area contributed by atoms with E-state index in [4.69, 9.17) is 5.73 Å². The standard InChI is InChI=1S/C15H23N3OS/c1-17-14(19)11-5-6-13(12(16)9-11)18-10-15(20-2)7-3-4-8-15/h5-6,9,18H,3-4,7-8,10,16H2,1-2H3,(H,17,19). The quantitative estimate of drug-likeness (QED) is 0.730. The molecule has 5 heteroatoms. The van der Waals surface area contributed by atoms with Gasteiger partial charge in [0.2, 0.25) is 0 Å². The number of carbonyl (C=O) groups excluding carboxylic acids is 1. The molecule has 1 fully saturated rings. The van der Waals surface area contributed by atoms with Gasteiger partial charge >= 0.3 is 0 Å². The summed E-state index contributed by atoms with van der Waals surface area (Å²) in [4.78, 5) is 11.6. The number of benzene rings is 1. The van der Waals surface area contributed by atoms with Crippen LogP contribution in [0.5, 0.6) is 0 Å². The van der Waals surface area contributed by atoms with Gasteiger partial charge in [-0.05, 0) is 37.3 Å². The van der Waals surface area contributed by atoms with Crippen LogP contribution in [0, 0.1) is 0 Å². The zero-order valence-electron chi connectivity index (χ0n) is 12.2. The Morgan fingerprint density at radius 1 is 1.40 bits per heavy atom. The molecule has 0 bridgehead atoms. The molecular formula is C15H23N3OS. The van der Waals surface area contributed by atoms with Crippen molar-refractivity contribution in [3.05, 3.63) is 23.8 Å². The van der Waals surface area contributed by atoms with E-state index >= 15 is 0 Å². The number of hydrogen-bond acceptors (Lipinski definition) is 4. The van der Waals surface area contributed by atoms with Crippen LogP contribution in [-0.4, -0.2) is 30.5 Å². The molecule has 0 atom stereocenters. The van der Waals surface area contributed by atoms with Gasteiger partial charge in [-0.15, -0.1) is 0 Å². The molecule has 1 aromatic rings. The normalized spacial score (nSPS) is 16.9. The fourth-order valence-corrected chi connectivity index (χ4v) is 3.65. The van der Waals surface area contributed by atoms with E-state index in [-0.39, 0.29) is 5.91 Å². The third-order valence-corrected chi connectivity index (χ3v) is 5.51. The van der Waals surface area contributed by atoms with Gasteiger partial charge in [0.05, 0.1) is 11.4 Å². The van der Waals surface area contributed by atoms with Crippen molar-refractivity contribution < 1.29 is 4.79 Å². The van der Waals surface area contributed by atoms with Crippen molar-refractivity contribution in [1.82, 2.24) is 5.32 Å². The summed E-state index contributed by atoms with van der Waals surface area (Å²) in [6.45, 7) is 0.928. The Labute approximate surface area is 124 Å². The molecule has 1 saturated carbocycles. The molecular weight excluding hydrogens is 270 g/mol. The maximum absolute atomic E-state index is 11.6. The Balaban J connectivity index is 2.04. The highest BCUT2D eigenvalue weighted by molar-refractivity contribution is 8.00. The van der Waals surface area contributed by atoms with E-state index in [1.165, 1.54) is 25.7 Å². The van der Waals surface area contributed by atoms with Gasteiger partial charge in [0.15, 0.2) is 0 Å². The van der Waals surface area contributed by atoms with Gasteiger partial charge < -0.3 is 16.4 Å². The van der Waals surface area contributed by atoms with E-state index in [2.05, 4.69) is 16.9 Å². The molecule has 1 aliphatic rings. The first kappa shape index (κ1) is 15.0. The zero-order valence-corrected chi connectivity index (χ0v) is 13.0. The number of carbonyl (C=O) groups is 1. The fourth-order valence-electron chi connectivity index (χ4n) is 2.74. The molecule has 1 aliphatic carbocycles. The summed E-state index contributed by atoms with van der Waals surface area (Å²) in [7, 11) is 1.62. The van der Waals surface area contributed by atoms with Crippen LogP contribution in [-0.2, 0) is 0 Å². The first-order valence-corrected chi connectivity index (χ1v) is 8.23. The topological polar surface area (TPSA) is 67.2 Å². The average Bonchev–Trinajstić information content (AvgIpc) is 2.94. The van der Waals surface area contributed by atoms with E-state index in [1.54, 1.807) is 19.2 Å². The van der Waals surface area contributed by atoms with E-state index < -0.39 is 0 Å². The van der Waals surface area contributed by atoms with Gasteiger partial charge in [0, 0.05) is 23.9 Å². The van der Waals surface area contributed by atoms with Gasteiger partial charge in [-0.2, -0.15) is 11.8 Å². The van der Waals surface area contributed by atoms with Crippen LogP contribution in [0.1, 0.15) is 36.0 Å². The minimum Gasteiger partial charge on any atom is -0.397 e. The van der Waals surface area contributed by atoms with E-state index in [9.17, 15) is 4.79 Å². The molecule has 2 rings (SSSR count). The Morgan fingerprint density at radius 3 is 2.65 bits per heavy atom. The number of amides is 1. The number of nitrogens with one attached hydrogen (secondary N) is 2. The molecule has 0 spiro atoms. The maximum atomic E-state index is 11.6. The van der Waals surface area contributed by atoms with Crippen LogP contribution in [0.2, 0.25) is 0 Å². The van der Waals surface area contributed by atoms with Crippen molar-refractivity contribution in [3.8, 4) is 0 Å². The van der Waals surface area contributed by atoms with Crippen LogP contribution >= 0.6 is 11.8 Å². The first-order chi connectivity index (χ1) is 9.60. The largest absolute Gasteiger partial charge is 0.397 e. The summed E-state index contributed by atoms with van der Waals surface area (Å²) in [5.41, 5.74) is 8.17. The predicted molar refractivity (Wildman–Crippen MR) is 87.4 cm³/mol. The fraction of sp³-hybridized carbons (Fsp3) is 0.533. The first-order valence-electron chi connectivity index (χ1n) is 7.01. The molecule has 0 radical (unpaired) electrons. The monoisotopic (exact) mass is 293 g/mol. The summed E-state index contributed by atoms with van der Waals surface area (Å²) in [6, 6.07) is 5.42. The molecule has 110 valence electrons. The lowest BCUT2D eigenvalue weighted by molar-refractivity contribution is 0.0963. The minimum absolute atomic E-state index is 0.111. The van der Waals surface area contributed by atoms with Crippen LogP contribution in [0.15, 0.2) is 18.2 Å². The van der Waals surface area contributed by atoms with Crippen LogP contribution in [0.4, 0.5) is 11.4 Å². The molecule has 4 nitrogen and oxygen atoms in total. The van der Waals surface area contributed by atoms with Crippen molar-refractivity contribution in [2.24, 2.45) is 0 Å². The highest BCUT2D eigenvalue weighted by atomic mass is 32.2. The van der Waals surface area contributed by atoms with Crippen molar-refractivity contribution in [1.29, 1.82) is 0 Å². The Morgan fingerprint density at radius 2 is 2.10 bits per heavy atom. The SMILES string of the molecule is CNC(=O)c1ccc(NCC2(SC)CCCC2)c(N)c1. The van der Waals surface area contributed by atoms with Crippen LogP contribution < -0.4 is 16.4 Å². The third-order valence-electron chi connectivity index (χ3n) is 4.09. The second-order valence-corrected chi connectivity index (χ2v) is 6.60. The lowest BCUT2D eigenvalue weighted by atomic mass is 10.1. The molecule has 0 unspecified atom stereocenters. The van der Waals surface area contributed by atoms with Crippen molar-refractivity contribution in [2.45, 2.75) is 30.4 Å². The van der Waals surface area contributed by atoms with Crippen LogP contribution in [0.25, 0.3) is 0 Å². The van der Waals surface area contributed by atoms with Gasteiger partial charge in [0.25, 0.3) is 5.91 Å². The van der Waals surface area contributed by atoms with E-state index in [1.807, 2.05) is 17.8 Å². The Bertz CT molecular complexity index is 484. The molecule has 0 aliphatic heterocycles. The van der Waals surface area contributed by atoms with Gasteiger partial charge in [-0.3, -0.25) is 4.79 Å². The lowest BCUT2D eigenvalue weighted by Gasteiger charge is -2.27. The molecule has 1 amide bonds. The number of thioether (sulfide) groups is 1. The summed E-state index contributed by atoms with van der Waals surface area (Å²) in [5.74, 6) is -0.111. The smallest absolute Gasteiger partial charge is 0.251 e. The van der Waals surface area contributed by atoms with E-state index in [0.29, 0.717) is 16.0 Å². The molecule has 1 aromatic carbocycles. The third kappa shape index (κ3) is 3.20. The Hall–Kier alpha value is -1.36. The molecule has 4 N–H and O–H groups in total. The number of nitrogen functional groups attached to an aromatic ring is 1. The second kappa shape index (κ2) is 6.39. The summed E-state index contributed by atoms with van der Waals surface area (Å²) >= 11 is 1.95. The van der Waals surface area contributed by atoms with Crippen LogP contribution in [0.3, 0.4) is 0 Å². The van der Waals surface area contributed by atoms with Gasteiger partial charge in [0.1, 0.15) is 0 Å². The summed E-state index contributed by atoms with van der Waals surface area (Å²) in [6.07, 6.45) is 7.33. The maximum Gasteiger partial charge on any atom is 0.251 e. The highest BCUT2D eigenvalue weighted by Gasteiger charge is 2.32. The van der Waals surface area contributed by atoms with E-state index in [0.717, 1.165) is 12.2 Å². The zero-order chi connectivity index (χ0) is 14.6. The molecule has 20 heavy (non-hydrogen) atoms. The summed E-state index contributed by atoms with van der Waals surface area (Å²) in [5, 5.41) is 6.05. The molecule has 0 saturated heterocycles. The molecule has 0 aromatic heterocycles. The molecule has 0 heterocycles. The Kier molecular flexibility index (Phi) is 4.81. The second-order valence-electron chi connectivity index (χ2n) is 5.33. The number of hydrogen-bond donors (Lipinski definition) is 3. The average molecular weight is 293 g/mol. The van der Waals surface area contributed by atoms with Crippen molar-refractivity contribution in [2.75, 3.05) is 30.9 Å². The summed E-state index contributed by atoms with van der Waals surface area (Å²) < 4.78 is 0.339. The van der Waals surface area contributed by atoms with Crippen molar-refractivity contribution in [3.63, 3.8) is 0 Å². The lowest BCUT2D eigenvalue weighted by Crippen LogP contribution is -2.30. The van der Waals surface area contributed by atoms with Gasteiger partial charge in [-0.25, -0.2) is 0 Å². The number of nitrogens with two attached hydrogens (primary N) is 1. The number of rotatable bonds is 5. The van der Waals surface area contributed by atoms with Crippen molar-refractivity contribution >= 4 is 29.0 Å². The number of anilines is 2. The predicted octanol–water partition coefficient (Wildman–Crippen LogP) is 2.72. The highest BCUT2D eigenvalue weighted by Crippen LogP contribution is 2.40. The minimum atomic E-state index is -0.111.